The Labute approximate surface area is 186 Å². The molecule has 0 saturated carbocycles. The van der Waals surface area contributed by atoms with E-state index in [1.807, 2.05) is 12.1 Å². The normalized spacial score (nSPS) is 11.4. The van der Waals surface area contributed by atoms with E-state index in [0.29, 0.717) is 10.9 Å². The van der Waals surface area contributed by atoms with Gasteiger partial charge in [-0.3, -0.25) is 4.79 Å². The van der Waals surface area contributed by atoms with Gasteiger partial charge in [0.05, 0.1) is 12.7 Å². The Hall–Kier alpha value is -3.48. The van der Waals surface area contributed by atoms with Crippen molar-refractivity contribution in [2.24, 2.45) is 0 Å². The summed E-state index contributed by atoms with van der Waals surface area (Å²) < 4.78 is 4.98. The molecule has 4 rings (SSSR count). The number of aromatic amines is 1. The lowest BCUT2D eigenvalue weighted by Crippen LogP contribution is -2.26. The van der Waals surface area contributed by atoms with Crippen LogP contribution in [0.1, 0.15) is 15.9 Å². The van der Waals surface area contributed by atoms with Crippen LogP contribution in [0.3, 0.4) is 0 Å². The second-order valence-electron chi connectivity index (χ2n) is 8.16. The molecule has 2 N–H and O–H groups in total. The molecule has 0 atom stereocenters. The minimum atomic E-state index is -0.421. The average molecular weight is 430 g/mol. The quantitative estimate of drug-likeness (QED) is 0.266. The van der Waals surface area contributed by atoms with Gasteiger partial charge < -0.3 is 19.9 Å². The molecule has 0 saturated heterocycles. The molecule has 0 spiro atoms. The van der Waals surface area contributed by atoms with Crippen molar-refractivity contribution < 1.29 is 9.53 Å². The second-order valence-corrected chi connectivity index (χ2v) is 8.16. The number of likely N-dealkylation sites (N-methyl/N-ethyl adjacent to an activating group) is 1. The second kappa shape index (κ2) is 9.34. The van der Waals surface area contributed by atoms with Gasteiger partial charge in [0.15, 0.2) is 0 Å². The topological polar surface area (TPSA) is 74.4 Å². The van der Waals surface area contributed by atoms with Gasteiger partial charge in [-0.05, 0) is 65.1 Å². The van der Waals surface area contributed by atoms with E-state index in [0.717, 1.165) is 46.9 Å². The maximum absolute atomic E-state index is 12.4. The van der Waals surface area contributed by atoms with Gasteiger partial charge in [-0.2, -0.15) is 0 Å². The number of carbonyl (C=O) groups is 1. The van der Waals surface area contributed by atoms with Crippen LogP contribution < -0.4 is 10.9 Å². The Balaban J connectivity index is 1.76. The molecule has 1 heterocycles. The van der Waals surface area contributed by atoms with Crippen LogP contribution in [-0.2, 0) is 11.3 Å². The highest BCUT2D eigenvalue weighted by Gasteiger charge is 2.15. The van der Waals surface area contributed by atoms with E-state index in [1.54, 1.807) is 12.3 Å². The summed E-state index contributed by atoms with van der Waals surface area (Å²) in [5, 5.41) is 6.75. The third kappa shape index (κ3) is 4.56. The molecule has 3 aromatic carbocycles. The van der Waals surface area contributed by atoms with E-state index in [4.69, 9.17) is 4.74 Å². The van der Waals surface area contributed by atoms with E-state index in [9.17, 15) is 9.59 Å². The molecular weight excluding hydrogens is 402 g/mol. The van der Waals surface area contributed by atoms with Gasteiger partial charge in [0.1, 0.15) is 0 Å². The number of ether oxygens (including phenoxy) is 1. The van der Waals surface area contributed by atoms with Gasteiger partial charge in [-0.15, -0.1) is 0 Å². The number of hydrogen-bond acceptors (Lipinski definition) is 5. The Kier molecular flexibility index (Phi) is 6.35. The molecule has 4 aromatic rings. The summed E-state index contributed by atoms with van der Waals surface area (Å²) >= 11 is 0. The van der Waals surface area contributed by atoms with E-state index < -0.39 is 5.97 Å². The third-order valence-corrected chi connectivity index (χ3v) is 5.59. The van der Waals surface area contributed by atoms with Crippen molar-refractivity contribution in [3.63, 3.8) is 0 Å². The number of nitrogens with one attached hydrogen (secondary N) is 2. The highest BCUT2D eigenvalue weighted by molar-refractivity contribution is 6.16. The fraction of sp³-hybridized carbons (Fsp3) is 0.231. The van der Waals surface area contributed by atoms with Crippen LogP contribution in [0.15, 0.2) is 65.6 Å². The first kappa shape index (κ1) is 21.7. The first-order chi connectivity index (χ1) is 15.5. The largest absolute Gasteiger partial charge is 0.465 e. The molecular formula is C26H27N3O3. The zero-order valence-electron chi connectivity index (χ0n) is 18.6. The molecule has 0 unspecified atom stereocenters. The lowest BCUT2D eigenvalue weighted by atomic mass is 9.94. The first-order valence-electron chi connectivity index (χ1n) is 10.6. The van der Waals surface area contributed by atoms with Crippen LogP contribution in [-0.4, -0.2) is 50.1 Å². The Morgan fingerprint density at radius 1 is 1.00 bits per heavy atom. The maximum Gasteiger partial charge on any atom is 0.338 e. The summed E-state index contributed by atoms with van der Waals surface area (Å²) in [6.07, 6.45) is 1.70. The maximum atomic E-state index is 12.4. The number of fused-ring (bicyclic) bond motifs is 3. The average Bonchev–Trinajstić information content (AvgIpc) is 2.80. The molecule has 32 heavy (non-hydrogen) atoms. The highest BCUT2D eigenvalue weighted by atomic mass is 16.5. The number of carbonyl (C=O) groups excluding carboxylic acids is 1. The number of H-pyrrole nitrogens is 1. The predicted octanol–water partition coefficient (Wildman–Crippen LogP) is 3.79. The van der Waals surface area contributed by atoms with E-state index in [1.165, 1.54) is 18.7 Å². The number of pyridine rings is 1. The van der Waals surface area contributed by atoms with Crippen LogP contribution in [0.5, 0.6) is 0 Å². The molecule has 0 aliphatic carbocycles. The summed E-state index contributed by atoms with van der Waals surface area (Å²) in [7, 11) is 5.49. The number of methoxy groups -OCH3 is 1. The Bertz CT molecular complexity index is 1340. The number of hydrogen-bond donors (Lipinski definition) is 2. The molecule has 164 valence electrons. The Morgan fingerprint density at radius 2 is 1.81 bits per heavy atom. The standard InChI is InChI=1S/C26H27N3O3/c1-29(2)10-9-27-15-17-5-4-6-18(11-17)19-7-8-21-22(12-19)24-16-28-25(30)14-20(24)13-23(21)26(31)32-3/h4-8,11-14,16,27H,9-10,15H2,1-3H3,(H,28,30). The summed E-state index contributed by atoms with van der Waals surface area (Å²) in [4.78, 5) is 29.2. The van der Waals surface area contributed by atoms with Crippen molar-refractivity contribution in [1.29, 1.82) is 0 Å². The third-order valence-electron chi connectivity index (χ3n) is 5.59. The molecule has 0 aliphatic heterocycles. The van der Waals surface area contributed by atoms with Gasteiger partial charge >= 0.3 is 5.97 Å². The van der Waals surface area contributed by atoms with E-state index in [-0.39, 0.29) is 5.56 Å². The van der Waals surface area contributed by atoms with Crippen molar-refractivity contribution in [3.8, 4) is 11.1 Å². The molecule has 6 nitrogen and oxygen atoms in total. The van der Waals surface area contributed by atoms with Crippen molar-refractivity contribution in [3.05, 3.63) is 82.3 Å². The molecule has 6 heteroatoms. The number of benzene rings is 3. The molecule has 0 amide bonds. The Morgan fingerprint density at radius 3 is 2.59 bits per heavy atom. The molecule has 0 fully saturated rings. The molecule has 0 radical (unpaired) electrons. The van der Waals surface area contributed by atoms with Crippen LogP contribution in [0.4, 0.5) is 0 Å². The van der Waals surface area contributed by atoms with Gasteiger partial charge in [0, 0.05) is 37.3 Å². The fourth-order valence-electron chi connectivity index (χ4n) is 3.93. The summed E-state index contributed by atoms with van der Waals surface area (Å²) in [6, 6.07) is 17.7. The van der Waals surface area contributed by atoms with Crippen LogP contribution in [0, 0.1) is 0 Å². The fourth-order valence-corrected chi connectivity index (χ4v) is 3.93. The van der Waals surface area contributed by atoms with Gasteiger partial charge in [0.2, 0.25) is 5.56 Å². The zero-order valence-corrected chi connectivity index (χ0v) is 18.6. The predicted molar refractivity (Wildman–Crippen MR) is 129 cm³/mol. The van der Waals surface area contributed by atoms with Crippen LogP contribution in [0.2, 0.25) is 0 Å². The van der Waals surface area contributed by atoms with Gasteiger partial charge in [0.25, 0.3) is 0 Å². The van der Waals surface area contributed by atoms with Crippen molar-refractivity contribution in [1.82, 2.24) is 15.2 Å². The zero-order chi connectivity index (χ0) is 22.7. The lowest BCUT2D eigenvalue weighted by Gasteiger charge is -2.12. The SMILES string of the molecule is COC(=O)c1cc2cc(=O)[nH]cc2c2cc(-c3cccc(CNCCN(C)C)c3)ccc12. The monoisotopic (exact) mass is 429 g/mol. The number of aromatic nitrogens is 1. The van der Waals surface area contributed by atoms with Crippen molar-refractivity contribution >= 4 is 27.5 Å². The summed E-state index contributed by atoms with van der Waals surface area (Å²) in [5.41, 5.74) is 3.59. The van der Waals surface area contributed by atoms with Crippen LogP contribution in [0.25, 0.3) is 32.7 Å². The molecule has 0 bridgehead atoms. The summed E-state index contributed by atoms with van der Waals surface area (Å²) in [6.45, 7) is 2.71. The smallest absolute Gasteiger partial charge is 0.338 e. The summed E-state index contributed by atoms with van der Waals surface area (Å²) in [5.74, 6) is -0.421. The number of esters is 1. The lowest BCUT2D eigenvalue weighted by molar-refractivity contribution is 0.0603. The molecule has 0 aliphatic rings. The number of nitrogens with zero attached hydrogens (tertiary/aromatic N) is 1. The molecule has 1 aromatic heterocycles. The van der Waals surface area contributed by atoms with Gasteiger partial charge in [-0.25, -0.2) is 4.79 Å². The minimum Gasteiger partial charge on any atom is -0.465 e. The highest BCUT2D eigenvalue weighted by Crippen LogP contribution is 2.32. The van der Waals surface area contributed by atoms with E-state index in [2.05, 4.69) is 59.6 Å². The van der Waals surface area contributed by atoms with Crippen LogP contribution >= 0.6 is 0 Å². The van der Waals surface area contributed by atoms with E-state index >= 15 is 0 Å². The first-order valence-corrected chi connectivity index (χ1v) is 10.6. The van der Waals surface area contributed by atoms with Gasteiger partial charge in [-0.1, -0.05) is 30.3 Å². The minimum absolute atomic E-state index is 0.210. The number of rotatable bonds is 7. The van der Waals surface area contributed by atoms with Crippen molar-refractivity contribution in [2.75, 3.05) is 34.3 Å². The van der Waals surface area contributed by atoms with Crippen molar-refractivity contribution in [2.45, 2.75) is 6.54 Å².